The van der Waals surface area contributed by atoms with Crippen molar-refractivity contribution in [3.05, 3.63) is 95.6 Å². The molecule has 0 aromatic heterocycles. The minimum atomic E-state index is -3.82. The van der Waals surface area contributed by atoms with Gasteiger partial charge in [0.1, 0.15) is 12.0 Å². The van der Waals surface area contributed by atoms with Crippen molar-refractivity contribution < 1.29 is 17.9 Å². The number of aldehydes is 1. The first-order valence-corrected chi connectivity index (χ1v) is 10.8. The summed E-state index contributed by atoms with van der Waals surface area (Å²) in [5.41, 5.74) is 2.70. The van der Waals surface area contributed by atoms with E-state index in [0.717, 1.165) is 16.9 Å². The van der Waals surface area contributed by atoms with Gasteiger partial charge in [0.15, 0.2) is 0 Å². The van der Waals surface area contributed by atoms with E-state index >= 15 is 0 Å². The van der Waals surface area contributed by atoms with Crippen molar-refractivity contribution in [3.63, 3.8) is 0 Å². The molecule has 0 bridgehead atoms. The average molecular weight is 422 g/mol. The van der Waals surface area contributed by atoms with Gasteiger partial charge in [-0.2, -0.15) is 0 Å². The van der Waals surface area contributed by atoms with Gasteiger partial charge >= 0.3 is 0 Å². The second kappa shape index (κ2) is 9.41. The second-order valence-corrected chi connectivity index (χ2v) is 8.60. The van der Waals surface area contributed by atoms with Crippen LogP contribution in [-0.4, -0.2) is 28.4 Å². The fourth-order valence-corrected chi connectivity index (χ4v) is 4.37. The Morgan fingerprint density at radius 3 is 2.33 bits per heavy atom. The van der Waals surface area contributed by atoms with E-state index in [2.05, 4.69) is 0 Å². The highest BCUT2D eigenvalue weighted by Crippen LogP contribution is 2.25. The molecule has 0 saturated heterocycles. The fraction of sp³-hybridized carbons (Fsp3) is 0.125. The lowest BCUT2D eigenvalue weighted by Gasteiger charge is -2.23. The van der Waals surface area contributed by atoms with Crippen LogP contribution < -0.4 is 9.04 Å². The van der Waals surface area contributed by atoms with Crippen molar-refractivity contribution in [1.82, 2.24) is 0 Å². The van der Waals surface area contributed by atoms with Crippen molar-refractivity contribution in [2.45, 2.75) is 11.8 Å². The number of sulfonamides is 1. The van der Waals surface area contributed by atoms with Crippen LogP contribution in [0.5, 0.6) is 5.75 Å². The first-order valence-electron chi connectivity index (χ1n) is 9.39. The number of hydrogen-bond acceptors (Lipinski definition) is 4. The molecule has 0 heterocycles. The van der Waals surface area contributed by atoms with Crippen molar-refractivity contribution in [1.29, 1.82) is 0 Å². The summed E-state index contributed by atoms with van der Waals surface area (Å²) in [6.07, 6.45) is 4.31. The van der Waals surface area contributed by atoms with Gasteiger partial charge in [-0.25, -0.2) is 8.42 Å². The maximum absolute atomic E-state index is 13.4. The number of aryl methyl sites for hydroxylation is 1. The summed E-state index contributed by atoms with van der Waals surface area (Å²) >= 11 is 0. The van der Waals surface area contributed by atoms with Crippen LogP contribution in [0.2, 0.25) is 0 Å². The van der Waals surface area contributed by atoms with Gasteiger partial charge in [-0.3, -0.25) is 9.10 Å². The van der Waals surface area contributed by atoms with Gasteiger partial charge < -0.3 is 4.74 Å². The normalized spacial score (nSPS) is 11.4. The Kier molecular flexibility index (Phi) is 6.69. The molecule has 30 heavy (non-hydrogen) atoms. The average Bonchev–Trinajstić information content (AvgIpc) is 2.77. The molecule has 5 nitrogen and oxygen atoms in total. The van der Waals surface area contributed by atoms with Gasteiger partial charge in [0, 0.05) is 5.56 Å². The first-order chi connectivity index (χ1) is 14.4. The topological polar surface area (TPSA) is 63.7 Å². The van der Waals surface area contributed by atoms with E-state index < -0.39 is 10.0 Å². The quantitative estimate of drug-likeness (QED) is 0.494. The number of carbonyl (C=O) groups excluding carboxylic acids is 1. The molecule has 0 atom stereocenters. The Bertz CT molecular complexity index is 1150. The predicted molar refractivity (Wildman–Crippen MR) is 120 cm³/mol. The molecule has 3 rings (SSSR count). The highest BCUT2D eigenvalue weighted by atomic mass is 32.2. The van der Waals surface area contributed by atoms with Crippen LogP contribution in [0, 0.1) is 6.92 Å². The number of carbonyl (C=O) groups is 1. The number of hydrogen-bond donors (Lipinski definition) is 0. The zero-order valence-corrected chi connectivity index (χ0v) is 17.7. The Morgan fingerprint density at radius 2 is 1.63 bits per heavy atom. The highest BCUT2D eigenvalue weighted by molar-refractivity contribution is 7.92. The molecule has 0 amide bonds. The lowest BCUT2D eigenvalue weighted by molar-refractivity contribution is 0.112. The lowest BCUT2D eigenvalue weighted by Crippen LogP contribution is -2.31. The molecule has 3 aromatic carbocycles. The zero-order valence-electron chi connectivity index (χ0n) is 16.9. The molecule has 0 spiro atoms. The monoisotopic (exact) mass is 421 g/mol. The van der Waals surface area contributed by atoms with E-state index in [-0.39, 0.29) is 11.4 Å². The summed E-state index contributed by atoms with van der Waals surface area (Å²) in [5, 5.41) is 0. The molecule has 154 valence electrons. The second-order valence-electron chi connectivity index (χ2n) is 6.74. The first kappa shape index (κ1) is 21.3. The summed E-state index contributed by atoms with van der Waals surface area (Å²) in [6.45, 7) is 2.01. The number of benzene rings is 3. The van der Waals surface area contributed by atoms with E-state index in [1.165, 1.54) is 4.31 Å². The van der Waals surface area contributed by atoms with Crippen molar-refractivity contribution in [2.24, 2.45) is 0 Å². The Labute approximate surface area is 177 Å². The van der Waals surface area contributed by atoms with E-state index in [9.17, 15) is 13.2 Å². The molecule has 0 saturated carbocycles. The number of ether oxygens (including phenoxy) is 1. The molecule has 0 unspecified atom stereocenters. The van der Waals surface area contributed by atoms with Crippen LogP contribution >= 0.6 is 0 Å². The standard InChI is InChI=1S/C24H23NO4S/c1-19-11-13-24(14-12-19)30(27,28)25(22-9-3-7-21(16-22)18-26)15-5-8-20-6-4-10-23(17-20)29-2/h3-14,16-18H,15H2,1-2H3. The largest absolute Gasteiger partial charge is 0.497 e. The molecular formula is C24H23NO4S. The minimum Gasteiger partial charge on any atom is -0.497 e. The smallest absolute Gasteiger partial charge is 0.264 e. The third-order valence-corrected chi connectivity index (χ3v) is 6.39. The Morgan fingerprint density at radius 1 is 0.933 bits per heavy atom. The van der Waals surface area contributed by atoms with Crippen molar-refractivity contribution in [2.75, 3.05) is 18.0 Å². The summed E-state index contributed by atoms with van der Waals surface area (Å²) in [5.74, 6) is 0.722. The molecule has 0 N–H and O–H groups in total. The maximum atomic E-state index is 13.4. The lowest BCUT2D eigenvalue weighted by atomic mass is 10.2. The van der Waals surface area contributed by atoms with Crippen LogP contribution in [0.25, 0.3) is 6.08 Å². The van der Waals surface area contributed by atoms with Gasteiger partial charge in [0.25, 0.3) is 10.0 Å². The molecular weight excluding hydrogens is 398 g/mol. The molecule has 3 aromatic rings. The van der Waals surface area contributed by atoms with Gasteiger partial charge in [-0.1, -0.05) is 54.1 Å². The third-order valence-electron chi connectivity index (χ3n) is 4.58. The molecule has 6 heteroatoms. The zero-order chi connectivity index (χ0) is 21.6. The summed E-state index contributed by atoms with van der Waals surface area (Å²) in [6, 6.07) is 20.7. The van der Waals surface area contributed by atoms with E-state index in [0.29, 0.717) is 17.5 Å². The molecule has 0 aliphatic carbocycles. The predicted octanol–water partition coefficient (Wildman–Crippen LogP) is 4.72. The number of rotatable bonds is 8. The van der Waals surface area contributed by atoms with Gasteiger partial charge in [0.2, 0.25) is 0 Å². The maximum Gasteiger partial charge on any atom is 0.264 e. The van der Waals surface area contributed by atoms with Crippen molar-refractivity contribution >= 4 is 28.1 Å². The summed E-state index contributed by atoms with van der Waals surface area (Å²) in [4.78, 5) is 11.4. The SMILES string of the molecule is COc1cccc(C=CCN(c2cccc(C=O)c2)S(=O)(=O)c2ccc(C)cc2)c1. The number of nitrogens with zero attached hydrogens (tertiary/aromatic N) is 1. The van der Waals surface area contributed by atoms with E-state index in [1.54, 1.807) is 61.7 Å². The van der Waals surface area contributed by atoms with Crippen LogP contribution in [-0.2, 0) is 10.0 Å². The summed E-state index contributed by atoms with van der Waals surface area (Å²) < 4.78 is 33.3. The van der Waals surface area contributed by atoms with Crippen LogP contribution in [0.1, 0.15) is 21.5 Å². The Balaban J connectivity index is 1.97. The number of anilines is 1. The van der Waals surface area contributed by atoms with E-state index in [1.807, 2.05) is 37.3 Å². The Hall–Kier alpha value is -3.38. The summed E-state index contributed by atoms with van der Waals surface area (Å²) in [7, 11) is -2.23. The van der Waals surface area contributed by atoms with E-state index in [4.69, 9.17) is 4.74 Å². The van der Waals surface area contributed by atoms with Gasteiger partial charge in [-0.15, -0.1) is 0 Å². The van der Waals surface area contributed by atoms with Crippen LogP contribution in [0.15, 0.2) is 83.8 Å². The van der Waals surface area contributed by atoms with Crippen molar-refractivity contribution in [3.8, 4) is 5.75 Å². The van der Waals surface area contributed by atoms with Gasteiger partial charge in [-0.05, 0) is 48.9 Å². The number of methoxy groups -OCH3 is 1. The third kappa shape index (κ3) is 4.96. The molecule has 0 aliphatic heterocycles. The molecule has 0 radical (unpaired) electrons. The minimum absolute atomic E-state index is 0.107. The van der Waals surface area contributed by atoms with Gasteiger partial charge in [0.05, 0.1) is 24.2 Å². The molecule has 0 fully saturated rings. The fourth-order valence-electron chi connectivity index (χ4n) is 2.96. The van der Waals surface area contributed by atoms with Crippen LogP contribution in [0.4, 0.5) is 5.69 Å². The molecule has 0 aliphatic rings. The van der Waals surface area contributed by atoms with Crippen LogP contribution in [0.3, 0.4) is 0 Å². The highest BCUT2D eigenvalue weighted by Gasteiger charge is 2.24.